The molecule has 0 bridgehead atoms. The number of hydrogen-bond acceptors (Lipinski definition) is 4. The Labute approximate surface area is 116 Å². The van der Waals surface area contributed by atoms with Crippen LogP contribution in [-0.4, -0.2) is 25.3 Å². The van der Waals surface area contributed by atoms with Crippen molar-refractivity contribution >= 4 is 19.7 Å². The molecule has 0 amide bonds. The standard InChI is InChI=1S/C12H13ClN2O3S/c1-8-12(19(13,16)17)9(2)15(14-8)10-4-6-11(18-3)7-5-10/h4-7H,1-3H3. The molecule has 2 aromatic rings. The molecule has 1 aromatic heterocycles. The van der Waals surface area contributed by atoms with E-state index in [0.29, 0.717) is 11.4 Å². The first-order valence-electron chi connectivity index (χ1n) is 5.50. The summed E-state index contributed by atoms with van der Waals surface area (Å²) in [6.45, 7) is 3.28. The predicted molar refractivity (Wildman–Crippen MR) is 72.6 cm³/mol. The molecular formula is C12H13ClN2O3S. The fraction of sp³-hybridized carbons (Fsp3) is 0.250. The number of hydrogen-bond donors (Lipinski definition) is 0. The molecule has 0 atom stereocenters. The van der Waals surface area contributed by atoms with Gasteiger partial charge >= 0.3 is 0 Å². The number of methoxy groups -OCH3 is 1. The van der Waals surface area contributed by atoms with Crippen LogP contribution in [0.3, 0.4) is 0 Å². The summed E-state index contributed by atoms with van der Waals surface area (Å²) >= 11 is 0. The third-order valence-corrected chi connectivity index (χ3v) is 4.33. The Hall–Kier alpha value is -1.53. The van der Waals surface area contributed by atoms with Crippen LogP contribution in [0.2, 0.25) is 0 Å². The lowest BCUT2D eigenvalue weighted by Gasteiger charge is -2.05. The quantitative estimate of drug-likeness (QED) is 0.817. The highest BCUT2D eigenvalue weighted by atomic mass is 35.7. The van der Waals surface area contributed by atoms with Gasteiger partial charge in [-0.3, -0.25) is 0 Å². The molecule has 5 nitrogen and oxygen atoms in total. The van der Waals surface area contributed by atoms with E-state index in [4.69, 9.17) is 15.4 Å². The van der Waals surface area contributed by atoms with Gasteiger partial charge in [-0.05, 0) is 38.1 Å². The average Bonchev–Trinajstić information content (AvgIpc) is 2.64. The highest BCUT2D eigenvalue weighted by Gasteiger charge is 2.22. The van der Waals surface area contributed by atoms with Crippen LogP contribution in [0.15, 0.2) is 29.2 Å². The Kier molecular flexibility index (Phi) is 3.56. The van der Waals surface area contributed by atoms with Crippen molar-refractivity contribution in [2.45, 2.75) is 18.7 Å². The number of halogens is 1. The first-order chi connectivity index (χ1) is 8.84. The summed E-state index contributed by atoms with van der Waals surface area (Å²) in [6, 6.07) is 7.15. The van der Waals surface area contributed by atoms with Crippen LogP contribution in [0.1, 0.15) is 11.4 Å². The maximum absolute atomic E-state index is 11.5. The van der Waals surface area contributed by atoms with Gasteiger partial charge in [0, 0.05) is 10.7 Å². The second kappa shape index (κ2) is 4.86. The van der Waals surface area contributed by atoms with Crippen LogP contribution in [0.5, 0.6) is 5.75 Å². The second-order valence-electron chi connectivity index (χ2n) is 4.05. The SMILES string of the molecule is COc1ccc(-n2nc(C)c(S(=O)(=O)Cl)c2C)cc1. The Morgan fingerprint density at radius 2 is 1.79 bits per heavy atom. The first-order valence-corrected chi connectivity index (χ1v) is 7.81. The average molecular weight is 301 g/mol. The fourth-order valence-corrected chi connectivity index (χ4v) is 3.46. The number of ether oxygens (including phenoxy) is 1. The Morgan fingerprint density at radius 1 is 1.21 bits per heavy atom. The molecule has 7 heteroatoms. The molecule has 0 radical (unpaired) electrons. The molecule has 19 heavy (non-hydrogen) atoms. The summed E-state index contributed by atoms with van der Waals surface area (Å²) in [5.41, 5.74) is 1.61. The molecule has 1 heterocycles. The number of aromatic nitrogens is 2. The van der Waals surface area contributed by atoms with Crippen LogP contribution in [-0.2, 0) is 9.05 Å². The smallest absolute Gasteiger partial charge is 0.264 e. The molecule has 0 N–H and O–H groups in total. The summed E-state index contributed by atoms with van der Waals surface area (Å²) in [5, 5.41) is 4.21. The molecule has 0 saturated carbocycles. The Balaban J connectivity index is 2.58. The van der Waals surface area contributed by atoms with Crippen molar-refractivity contribution < 1.29 is 13.2 Å². The van der Waals surface area contributed by atoms with Gasteiger partial charge in [-0.15, -0.1) is 0 Å². The van der Waals surface area contributed by atoms with E-state index in [1.54, 1.807) is 49.9 Å². The molecule has 2 rings (SSSR count). The molecule has 0 aliphatic rings. The van der Waals surface area contributed by atoms with E-state index in [2.05, 4.69) is 5.10 Å². The number of benzene rings is 1. The zero-order chi connectivity index (χ0) is 14.2. The normalized spacial score (nSPS) is 11.6. The third-order valence-electron chi connectivity index (χ3n) is 2.79. The minimum absolute atomic E-state index is 0.0602. The third kappa shape index (κ3) is 2.59. The molecule has 102 valence electrons. The first kappa shape index (κ1) is 13.9. The van der Waals surface area contributed by atoms with Gasteiger partial charge < -0.3 is 4.74 Å². The minimum atomic E-state index is -3.80. The molecular weight excluding hydrogens is 288 g/mol. The Bertz CT molecular complexity index is 705. The minimum Gasteiger partial charge on any atom is -0.497 e. The fourth-order valence-electron chi connectivity index (χ4n) is 1.96. The van der Waals surface area contributed by atoms with Crippen LogP contribution >= 0.6 is 10.7 Å². The molecule has 0 aliphatic carbocycles. The zero-order valence-electron chi connectivity index (χ0n) is 10.7. The van der Waals surface area contributed by atoms with Gasteiger partial charge in [0.05, 0.1) is 24.2 Å². The predicted octanol–water partition coefficient (Wildman–Crippen LogP) is 2.43. The molecule has 0 unspecified atom stereocenters. The highest BCUT2D eigenvalue weighted by Crippen LogP contribution is 2.26. The summed E-state index contributed by atoms with van der Waals surface area (Å²) < 4.78 is 29.6. The van der Waals surface area contributed by atoms with Crippen molar-refractivity contribution in [2.75, 3.05) is 7.11 Å². The largest absolute Gasteiger partial charge is 0.497 e. The monoisotopic (exact) mass is 300 g/mol. The van der Waals surface area contributed by atoms with E-state index in [-0.39, 0.29) is 4.90 Å². The van der Waals surface area contributed by atoms with Gasteiger partial charge in [-0.2, -0.15) is 5.10 Å². The summed E-state index contributed by atoms with van der Waals surface area (Å²) in [7, 11) is 3.20. The number of nitrogens with zero attached hydrogens (tertiary/aromatic N) is 2. The maximum Gasteiger partial charge on any atom is 0.264 e. The lowest BCUT2D eigenvalue weighted by molar-refractivity contribution is 0.414. The maximum atomic E-state index is 11.5. The van der Waals surface area contributed by atoms with E-state index in [1.165, 1.54) is 0 Å². The van der Waals surface area contributed by atoms with Crippen molar-refractivity contribution in [3.63, 3.8) is 0 Å². The summed E-state index contributed by atoms with van der Waals surface area (Å²) in [4.78, 5) is 0.0602. The van der Waals surface area contributed by atoms with Crippen LogP contribution in [0, 0.1) is 13.8 Å². The van der Waals surface area contributed by atoms with E-state index >= 15 is 0 Å². The van der Waals surface area contributed by atoms with Crippen LogP contribution in [0.4, 0.5) is 0 Å². The van der Waals surface area contributed by atoms with Crippen molar-refractivity contribution in [2.24, 2.45) is 0 Å². The van der Waals surface area contributed by atoms with Crippen molar-refractivity contribution in [3.8, 4) is 11.4 Å². The zero-order valence-corrected chi connectivity index (χ0v) is 12.3. The van der Waals surface area contributed by atoms with Gasteiger partial charge in [0.2, 0.25) is 0 Å². The van der Waals surface area contributed by atoms with Gasteiger partial charge in [0.15, 0.2) is 0 Å². The Morgan fingerprint density at radius 3 is 2.21 bits per heavy atom. The molecule has 0 fully saturated rings. The van der Waals surface area contributed by atoms with Crippen LogP contribution < -0.4 is 4.74 Å². The van der Waals surface area contributed by atoms with E-state index < -0.39 is 9.05 Å². The van der Waals surface area contributed by atoms with Gasteiger partial charge in [0.25, 0.3) is 9.05 Å². The second-order valence-corrected chi connectivity index (χ2v) is 6.55. The lowest BCUT2D eigenvalue weighted by atomic mass is 10.3. The summed E-state index contributed by atoms with van der Waals surface area (Å²) in [5.74, 6) is 0.718. The molecule has 1 aromatic carbocycles. The van der Waals surface area contributed by atoms with Gasteiger partial charge in [-0.25, -0.2) is 13.1 Å². The lowest BCUT2D eigenvalue weighted by Crippen LogP contribution is -2.00. The number of aryl methyl sites for hydroxylation is 1. The van der Waals surface area contributed by atoms with E-state index in [0.717, 1.165) is 11.4 Å². The van der Waals surface area contributed by atoms with Crippen molar-refractivity contribution in [1.29, 1.82) is 0 Å². The number of rotatable bonds is 3. The summed E-state index contributed by atoms with van der Waals surface area (Å²) in [6.07, 6.45) is 0. The topological polar surface area (TPSA) is 61.2 Å². The van der Waals surface area contributed by atoms with E-state index in [9.17, 15) is 8.42 Å². The van der Waals surface area contributed by atoms with Crippen molar-refractivity contribution in [3.05, 3.63) is 35.7 Å². The highest BCUT2D eigenvalue weighted by molar-refractivity contribution is 8.13. The van der Waals surface area contributed by atoms with Crippen LogP contribution in [0.25, 0.3) is 5.69 Å². The molecule has 0 spiro atoms. The van der Waals surface area contributed by atoms with Gasteiger partial charge in [0.1, 0.15) is 10.6 Å². The molecule has 0 aliphatic heterocycles. The van der Waals surface area contributed by atoms with E-state index in [1.807, 2.05) is 0 Å². The molecule has 0 saturated heterocycles. The van der Waals surface area contributed by atoms with Crippen molar-refractivity contribution in [1.82, 2.24) is 9.78 Å². The van der Waals surface area contributed by atoms with Gasteiger partial charge in [-0.1, -0.05) is 0 Å².